The van der Waals surface area contributed by atoms with E-state index >= 15 is 0 Å². The van der Waals surface area contributed by atoms with Crippen molar-refractivity contribution in [1.29, 1.82) is 5.41 Å². The molecule has 0 spiro atoms. The number of halogens is 1. The van der Waals surface area contributed by atoms with Gasteiger partial charge in [-0.25, -0.2) is 4.39 Å². The molecule has 1 aromatic carbocycles. The van der Waals surface area contributed by atoms with Crippen molar-refractivity contribution in [2.45, 2.75) is 13.8 Å². The average molecular weight is 167 g/mol. The third kappa shape index (κ3) is 1.30. The molecule has 0 fully saturated rings. The Bertz CT molecular complexity index is 334. The van der Waals surface area contributed by atoms with Gasteiger partial charge in [0.05, 0.1) is 0 Å². The molecule has 0 saturated heterocycles. The van der Waals surface area contributed by atoms with Gasteiger partial charge in [0, 0.05) is 11.3 Å². The van der Waals surface area contributed by atoms with Crippen LogP contribution in [0, 0.1) is 18.2 Å². The van der Waals surface area contributed by atoms with Crippen molar-refractivity contribution in [2.75, 3.05) is 0 Å². The predicted octanol–water partition coefficient (Wildman–Crippen LogP) is 2.23. The number of aromatic hydroxyl groups is 1. The van der Waals surface area contributed by atoms with Gasteiger partial charge in [-0.2, -0.15) is 0 Å². The van der Waals surface area contributed by atoms with Crippen LogP contribution in [0.1, 0.15) is 18.1 Å². The second kappa shape index (κ2) is 2.93. The fourth-order valence-electron chi connectivity index (χ4n) is 0.951. The molecular formula is C9H10FNO. The molecule has 0 bridgehead atoms. The van der Waals surface area contributed by atoms with Crippen LogP contribution in [-0.4, -0.2) is 10.8 Å². The second-order valence-corrected chi connectivity index (χ2v) is 2.72. The lowest BCUT2D eigenvalue weighted by Crippen LogP contribution is -1.97. The Morgan fingerprint density at radius 2 is 2.08 bits per heavy atom. The van der Waals surface area contributed by atoms with Gasteiger partial charge in [0.25, 0.3) is 0 Å². The summed E-state index contributed by atoms with van der Waals surface area (Å²) in [4.78, 5) is 0. The van der Waals surface area contributed by atoms with E-state index in [4.69, 9.17) is 10.5 Å². The van der Waals surface area contributed by atoms with Crippen LogP contribution >= 0.6 is 0 Å². The Labute approximate surface area is 70.2 Å². The van der Waals surface area contributed by atoms with E-state index in [1.165, 1.54) is 13.0 Å². The van der Waals surface area contributed by atoms with Crippen molar-refractivity contribution in [3.63, 3.8) is 0 Å². The summed E-state index contributed by atoms with van der Waals surface area (Å²) >= 11 is 0. The van der Waals surface area contributed by atoms with Gasteiger partial charge in [0.1, 0.15) is 0 Å². The van der Waals surface area contributed by atoms with E-state index in [9.17, 15) is 4.39 Å². The molecule has 0 amide bonds. The zero-order chi connectivity index (χ0) is 9.30. The van der Waals surface area contributed by atoms with Crippen LogP contribution in [0.25, 0.3) is 0 Å². The number of phenolic OH excluding ortho intramolecular Hbond substituents is 1. The molecule has 0 radical (unpaired) electrons. The molecule has 12 heavy (non-hydrogen) atoms. The summed E-state index contributed by atoms with van der Waals surface area (Å²) < 4.78 is 13.1. The Hall–Kier alpha value is -1.38. The maximum Gasteiger partial charge on any atom is 0.174 e. The zero-order valence-electron chi connectivity index (χ0n) is 6.98. The molecule has 0 aliphatic carbocycles. The zero-order valence-corrected chi connectivity index (χ0v) is 6.98. The molecule has 2 N–H and O–H groups in total. The van der Waals surface area contributed by atoms with Crippen molar-refractivity contribution in [1.82, 2.24) is 0 Å². The fraction of sp³-hybridized carbons (Fsp3) is 0.222. The van der Waals surface area contributed by atoms with E-state index in [0.29, 0.717) is 5.56 Å². The highest BCUT2D eigenvalue weighted by atomic mass is 19.1. The Kier molecular flexibility index (Phi) is 2.13. The van der Waals surface area contributed by atoms with Crippen molar-refractivity contribution in [2.24, 2.45) is 0 Å². The van der Waals surface area contributed by atoms with Gasteiger partial charge in [-0.15, -0.1) is 0 Å². The van der Waals surface area contributed by atoms with E-state index < -0.39 is 5.82 Å². The Morgan fingerprint density at radius 1 is 1.50 bits per heavy atom. The van der Waals surface area contributed by atoms with Crippen molar-refractivity contribution in [3.8, 4) is 5.75 Å². The molecule has 0 saturated carbocycles. The van der Waals surface area contributed by atoms with Crippen LogP contribution in [0.15, 0.2) is 12.1 Å². The molecule has 0 aliphatic heterocycles. The number of benzene rings is 1. The minimum absolute atomic E-state index is 0.114. The number of aryl methyl sites for hydroxylation is 1. The molecule has 1 rings (SSSR count). The van der Waals surface area contributed by atoms with Gasteiger partial charge in [-0.1, -0.05) is 6.07 Å². The maximum atomic E-state index is 13.1. The molecule has 3 heteroatoms. The Morgan fingerprint density at radius 3 is 2.58 bits per heavy atom. The molecule has 2 nitrogen and oxygen atoms in total. The van der Waals surface area contributed by atoms with Crippen LogP contribution < -0.4 is 0 Å². The summed E-state index contributed by atoms with van der Waals surface area (Å²) in [6, 6.07) is 3.08. The van der Waals surface area contributed by atoms with E-state index in [0.717, 1.165) is 0 Å². The third-order valence-corrected chi connectivity index (χ3v) is 1.72. The van der Waals surface area contributed by atoms with Gasteiger partial charge in [0.15, 0.2) is 11.6 Å². The van der Waals surface area contributed by atoms with Crippen LogP contribution in [0.2, 0.25) is 0 Å². The lowest BCUT2D eigenvalue weighted by Gasteiger charge is -2.04. The number of hydrogen-bond acceptors (Lipinski definition) is 2. The number of hydrogen-bond donors (Lipinski definition) is 2. The summed E-state index contributed by atoms with van der Waals surface area (Å²) in [6.07, 6.45) is 0. The molecule has 0 unspecified atom stereocenters. The van der Waals surface area contributed by atoms with Gasteiger partial charge in [0.2, 0.25) is 0 Å². The van der Waals surface area contributed by atoms with Crippen molar-refractivity contribution < 1.29 is 9.50 Å². The number of rotatable bonds is 1. The quantitative estimate of drug-likeness (QED) is 0.619. The predicted molar refractivity (Wildman–Crippen MR) is 45.3 cm³/mol. The monoisotopic (exact) mass is 167 g/mol. The minimum atomic E-state index is -0.706. The number of phenols is 1. The van der Waals surface area contributed by atoms with Crippen LogP contribution in [0.3, 0.4) is 0 Å². The van der Waals surface area contributed by atoms with Crippen molar-refractivity contribution >= 4 is 5.71 Å². The van der Waals surface area contributed by atoms with E-state index in [1.807, 2.05) is 0 Å². The van der Waals surface area contributed by atoms with Crippen molar-refractivity contribution in [3.05, 3.63) is 29.1 Å². The minimum Gasteiger partial charge on any atom is -0.505 e. The molecule has 0 aliphatic rings. The SMILES string of the molecule is CC(=N)c1ccc(C)c(O)c1F. The van der Waals surface area contributed by atoms with E-state index in [1.54, 1.807) is 13.0 Å². The normalized spacial score (nSPS) is 9.92. The summed E-state index contributed by atoms with van der Waals surface area (Å²) in [7, 11) is 0. The van der Waals surface area contributed by atoms with Crippen LogP contribution in [0.4, 0.5) is 4.39 Å². The molecule has 0 aromatic heterocycles. The molecular weight excluding hydrogens is 157 g/mol. The van der Waals surface area contributed by atoms with Crippen LogP contribution in [0.5, 0.6) is 5.75 Å². The first-order valence-corrected chi connectivity index (χ1v) is 3.57. The lowest BCUT2D eigenvalue weighted by atomic mass is 10.1. The average Bonchev–Trinajstić information content (AvgIpc) is 2.00. The van der Waals surface area contributed by atoms with E-state index in [-0.39, 0.29) is 17.0 Å². The maximum absolute atomic E-state index is 13.1. The first-order valence-electron chi connectivity index (χ1n) is 3.57. The second-order valence-electron chi connectivity index (χ2n) is 2.72. The highest BCUT2D eigenvalue weighted by Gasteiger charge is 2.10. The summed E-state index contributed by atoms with van der Waals surface area (Å²) in [5.41, 5.74) is 0.749. The van der Waals surface area contributed by atoms with Gasteiger partial charge in [-0.05, 0) is 25.5 Å². The summed E-state index contributed by atoms with van der Waals surface area (Å²) in [5.74, 6) is -1.07. The third-order valence-electron chi connectivity index (χ3n) is 1.72. The van der Waals surface area contributed by atoms with Gasteiger partial charge in [-0.3, -0.25) is 0 Å². The highest BCUT2D eigenvalue weighted by Crippen LogP contribution is 2.23. The molecule has 0 atom stereocenters. The topological polar surface area (TPSA) is 44.1 Å². The number of nitrogens with one attached hydrogen (secondary N) is 1. The van der Waals surface area contributed by atoms with Gasteiger partial charge >= 0.3 is 0 Å². The smallest absolute Gasteiger partial charge is 0.174 e. The first kappa shape index (κ1) is 8.71. The summed E-state index contributed by atoms with van der Waals surface area (Å²) in [6.45, 7) is 3.09. The standard InChI is InChI=1S/C9H10FNO/c1-5-3-4-7(6(2)11)8(10)9(5)12/h3-4,11-12H,1-2H3. The largest absolute Gasteiger partial charge is 0.505 e. The Balaban J connectivity index is 3.36. The summed E-state index contributed by atoms with van der Waals surface area (Å²) in [5, 5.41) is 16.4. The molecule has 1 aromatic rings. The molecule has 0 heterocycles. The molecule has 64 valence electrons. The van der Waals surface area contributed by atoms with Gasteiger partial charge < -0.3 is 10.5 Å². The fourth-order valence-corrected chi connectivity index (χ4v) is 0.951. The first-order chi connectivity index (χ1) is 5.54. The van der Waals surface area contributed by atoms with E-state index in [2.05, 4.69) is 0 Å². The van der Waals surface area contributed by atoms with Crippen LogP contribution in [-0.2, 0) is 0 Å². The lowest BCUT2D eigenvalue weighted by molar-refractivity contribution is 0.428. The highest BCUT2D eigenvalue weighted by molar-refractivity contribution is 5.96.